The van der Waals surface area contributed by atoms with Gasteiger partial charge in [-0.15, -0.1) is 0 Å². The van der Waals surface area contributed by atoms with Crippen molar-refractivity contribution in [1.29, 1.82) is 0 Å². The number of aryl methyl sites for hydroxylation is 1. The summed E-state index contributed by atoms with van der Waals surface area (Å²) in [6.07, 6.45) is 4.29. The minimum absolute atomic E-state index is 0.263. The third kappa shape index (κ3) is 3.25. The molecule has 2 aromatic heterocycles. The maximum atomic E-state index is 5.32. The molecule has 0 saturated heterocycles. The largest absolute Gasteiger partial charge is 0.497 e. The maximum Gasteiger partial charge on any atom is 0.223 e. The van der Waals surface area contributed by atoms with E-state index >= 15 is 0 Å². The molecule has 0 radical (unpaired) electrons. The van der Waals surface area contributed by atoms with Crippen LogP contribution in [0.3, 0.4) is 0 Å². The number of hydrogen-bond donors (Lipinski definition) is 1. The van der Waals surface area contributed by atoms with Crippen LogP contribution in [-0.4, -0.2) is 26.8 Å². The van der Waals surface area contributed by atoms with Crippen molar-refractivity contribution in [3.8, 4) is 11.4 Å². The van der Waals surface area contributed by atoms with Crippen molar-refractivity contribution in [3.63, 3.8) is 0 Å². The van der Waals surface area contributed by atoms with Crippen molar-refractivity contribution in [1.82, 2.24) is 25.0 Å². The third-order valence-corrected chi connectivity index (χ3v) is 5.96. The quantitative estimate of drug-likeness (QED) is 0.518. The molecule has 1 aliphatic carbocycles. The number of ether oxygens (including phenoxy) is 1. The molecule has 1 fully saturated rings. The minimum atomic E-state index is -0.263. The third-order valence-electron chi connectivity index (χ3n) is 5.96. The zero-order valence-corrected chi connectivity index (χ0v) is 17.3. The number of para-hydroxylation sites is 2. The van der Waals surface area contributed by atoms with Crippen LogP contribution in [-0.2, 0) is 12.1 Å². The normalized spacial score (nSPS) is 15.7. The van der Waals surface area contributed by atoms with E-state index in [1.54, 1.807) is 7.11 Å². The fourth-order valence-corrected chi connectivity index (χ4v) is 4.41. The van der Waals surface area contributed by atoms with E-state index in [1.807, 2.05) is 37.3 Å². The lowest BCUT2D eigenvalue weighted by Crippen LogP contribution is -2.41. The lowest BCUT2D eigenvalue weighted by atomic mass is 9.96. The molecule has 4 aromatic rings. The van der Waals surface area contributed by atoms with Gasteiger partial charge in [0.05, 0.1) is 30.2 Å². The van der Waals surface area contributed by atoms with E-state index in [0.29, 0.717) is 12.4 Å². The van der Waals surface area contributed by atoms with Gasteiger partial charge < -0.3 is 9.26 Å². The Bertz CT molecular complexity index is 1160. The first-order valence-electron chi connectivity index (χ1n) is 10.4. The van der Waals surface area contributed by atoms with Gasteiger partial charge in [-0.05, 0) is 49.2 Å². The van der Waals surface area contributed by atoms with Crippen molar-refractivity contribution in [2.75, 3.05) is 7.11 Å². The van der Waals surface area contributed by atoms with Crippen LogP contribution in [0.1, 0.15) is 43.2 Å². The molecule has 154 valence electrons. The Kier molecular flexibility index (Phi) is 4.75. The fraction of sp³-hybridized carbons (Fsp3) is 0.348. The van der Waals surface area contributed by atoms with Gasteiger partial charge in [-0.2, -0.15) is 4.98 Å². The number of nitrogens with zero attached hydrogens (tertiary/aromatic N) is 4. The second kappa shape index (κ2) is 7.57. The van der Waals surface area contributed by atoms with Crippen molar-refractivity contribution in [2.24, 2.45) is 0 Å². The predicted molar refractivity (Wildman–Crippen MR) is 114 cm³/mol. The smallest absolute Gasteiger partial charge is 0.223 e. The first-order chi connectivity index (χ1) is 14.7. The van der Waals surface area contributed by atoms with Crippen LogP contribution in [0.4, 0.5) is 0 Å². The predicted octanol–water partition coefficient (Wildman–Crippen LogP) is 4.28. The van der Waals surface area contributed by atoms with Crippen LogP contribution in [0, 0.1) is 6.92 Å². The van der Waals surface area contributed by atoms with Gasteiger partial charge in [-0.25, -0.2) is 4.98 Å². The molecule has 0 aliphatic heterocycles. The Labute approximate surface area is 175 Å². The monoisotopic (exact) mass is 403 g/mol. The van der Waals surface area contributed by atoms with Crippen LogP contribution in [0.2, 0.25) is 0 Å². The second-order valence-corrected chi connectivity index (χ2v) is 7.83. The number of hydrogen-bond acceptors (Lipinski definition) is 6. The van der Waals surface area contributed by atoms with Crippen LogP contribution in [0.15, 0.2) is 53.1 Å². The molecule has 1 N–H and O–H groups in total. The van der Waals surface area contributed by atoms with E-state index in [0.717, 1.165) is 59.8 Å². The Morgan fingerprint density at radius 3 is 2.53 bits per heavy atom. The highest BCUT2D eigenvalue weighted by Crippen LogP contribution is 2.37. The lowest BCUT2D eigenvalue weighted by Gasteiger charge is -2.27. The van der Waals surface area contributed by atoms with Crippen LogP contribution < -0.4 is 10.1 Å². The molecule has 1 aliphatic rings. The van der Waals surface area contributed by atoms with Gasteiger partial charge in [0.15, 0.2) is 5.82 Å². The Morgan fingerprint density at radius 2 is 1.83 bits per heavy atom. The molecular formula is C23H25N5O2. The van der Waals surface area contributed by atoms with Crippen LogP contribution in [0.5, 0.6) is 5.75 Å². The van der Waals surface area contributed by atoms with E-state index in [4.69, 9.17) is 14.2 Å². The molecule has 0 amide bonds. The maximum absolute atomic E-state index is 5.32. The summed E-state index contributed by atoms with van der Waals surface area (Å²) in [4.78, 5) is 9.47. The van der Waals surface area contributed by atoms with E-state index in [9.17, 15) is 0 Å². The molecule has 0 spiro atoms. The van der Waals surface area contributed by atoms with Crippen molar-refractivity contribution >= 4 is 11.0 Å². The van der Waals surface area contributed by atoms with Gasteiger partial charge in [0.25, 0.3) is 0 Å². The summed E-state index contributed by atoms with van der Waals surface area (Å²) < 4.78 is 12.8. The highest BCUT2D eigenvalue weighted by molar-refractivity contribution is 5.78. The second-order valence-electron chi connectivity index (χ2n) is 7.83. The van der Waals surface area contributed by atoms with Gasteiger partial charge in [0, 0.05) is 12.6 Å². The van der Waals surface area contributed by atoms with E-state index in [2.05, 4.69) is 38.2 Å². The average molecular weight is 403 g/mol. The zero-order valence-electron chi connectivity index (χ0n) is 17.3. The minimum Gasteiger partial charge on any atom is -0.497 e. The summed E-state index contributed by atoms with van der Waals surface area (Å²) in [5.41, 5.74) is 2.84. The Morgan fingerprint density at radius 1 is 1.07 bits per heavy atom. The van der Waals surface area contributed by atoms with Gasteiger partial charge in [-0.1, -0.05) is 30.1 Å². The van der Waals surface area contributed by atoms with E-state index in [1.165, 1.54) is 0 Å². The zero-order chi connectivity index (χ0) is 20.6. The Balaban J connectivity index is 1.52. The van der Waals surface area contributed by atoms with Gasteiger partial charge in [-0.3, -0.25) is 9.88 Å². The summed E-state index contributed by atoms with van der Waals surface area (Å²) in [6, 6.07) is 16.3. The van der Waals surface area contributed by atoms with Gasteiger partial charge >= 0.3 is 0 Å². The molecule has 7 heteroatoms. The summed E-state index contributed by atoms with van der Waals surface area (Å²) in [7, 11) is 1.68. The highest BCUT2D eigenvalue weighted by Gasteiger charge is 2.39. The number of aromatic nitrogens is 4. The highest BCUT2D eigenvalue weighted by atomic mass is 16.5. The molecule has 0 atom stereocenters. The molecule has 2 heterocycles. The number of benzene rings is 2. The lowest BCUT2D eigenvalue weighted by molar-refractivity contribution is 0.295. The first kappa shape index (κ1) is 18.8. The van der Waals surface area contributed by atoms with Crippen molar-refractivity contribution in [2.45, 2.75) is 44.7 Å². The van der Waals surface area contributed by atoms with Crippen molar-refractivity contribution in [3.05, 3.63) is 66.1 Å². The fourth-order valence-electron chi connectivity index (χ4n) is 4.41. The number of methoxy groups -OCH3 is 1. The summed E-state index contributed by atoms with van der Waals surface area (Å²) in [5, 5.41) is 7.98. The summed E-state index contributed by atoms with van der Waals surface area (Å²) >= 11 is 0. The SMILES string of the molecule is COc1ccc(-n2c(CNC3(c4noc(C)n4)CCCC3)nc3ccccc32)cc1. The molecule has 1 saturated carbocycles. The molecule has 7 nitrogen and oxygen atoms in total. The molecule has 0 unspecified atom stereocenters. The Hall–Kier alpha value is -3.19. The molecule has 2 aromatic carbocycles. The topological polar surface area (TPSA) is 78.0 Å². The van der Waals surface area contributed by atoms with Gasteiger partial charge in [0.2, 0.25) is 5.89 Å². The number of nitrogens with one attached hydrogen (secondary N) is 1. The van der Waals surface area contributed by atoms with Crippen LogP contribution in [0.25, 0.3) is 16.7 Å². The number of imidazole rings is 1. The molecular weight excluding hydrogens is 378 g/mol. The first-order valence-corrected chi connectivity index (χ1v) is 10.4. The van der Waals surface area contributed by atoms with Crippen LogP contribution >= 0.6 is 0 Å². The van der Waals surface area contributed by atoms with Gasteiger partial charge in [0.1, 0.15) is 11.6 Å². The molecule has 30 heavy (non-hydrogen) atoms. The summed E-state index contributed by atoms with van der Waals surface area (Å²) in [6.45, 7) is 2.44. The summed E-state index contributed by atoms with van der Waals surface area (Å²) in [5.74, 6) is 3.14. The van der Waals surface area contributed by atoms with E-state index < -0.39 is 0 Å². The number of rotatable bonds is 6. The van der Waals surface area contributed by atoms with Crippen molar-refractivity contribution < 1.29 is 9.26 Å². The van der Waals surface area contributed by atoms with E-state index in [-0.39, 0.29) is 5.54 Å². The standard InChI is InChI=1S/C23H25N5O2/c1-16-25-22(27-30-16)23(13-5-6-14-23)24-15-21-26-19-7-3-4-8-20(19)28(21)17-9-11-18(29-2)12-10-17/h3-4,7-12,24H,5-6,13-15H2,1-2H3. The molecule has 5 rings (SSSR count). The average Bonchev–Trinajstić information content (AvgIpc) is 3.51. The molecule has 0 bridgehead atoms. The number of fused-ring (bicyclic) bond motifs is 1.